The first-order valence-electron chi connectivity index (χ1n) is 5.76. The van der Waals surface area contributed by atoms with Crippen LogP contribution in [-0.4, -0.2) is 39.2 Å². The Balaban J connectivity index is 0.000000282. The predicted molar refractivity (Wildman–Crippen MR) is 75.2 cm³/mol. The van der Waals surface area contributed by atoms with Crippen LogP contribution in [0.1, 0.15) is 5.76 Å². The van der Waals surface area contributed by atoms with Gasteiger partial charge in [-0.05, 0) is 12.1 Å². The van der Waals surface area contributed by atoms with E-state index >= 15 is 0 Å². The van der Waals surface area contributed by atoms with E-state index in [9.17, 15) is 8.42 Å². The molecule has 0 spiro atoms. The molecular weight excluding hydrogens is 298 g/mol. The molecule has 0 amide bonds. The molecule has 21 heavy (non-hydrogen) atoms. The number of hydrogen-bond acceptors (Lipinski definition) is 7. The third-order valence-corrected chi connectivity index (χ3v) is 2.23. The maximum atomic E-state index is 9.19. The van der Waals surface area contributed by atoms with Gasteiger partial charge in [0.05, 0.1) is 25.4 Å². The number of nitrogens with one attached hydrogen (secondary N) is 2. The molecular formula is C11H13N5O4S. The first kappa shape index (κ1) is 14.9. The Labute approximate surface area is 120 Å². The van der Waals surface area contributed by atoms with Crippen LogP contribution in [0.25, 0.3) is 11.2 Å². The second kappa shape index (κ2) is 6.33. The lowest BCUT2D eigenvalue weighted by atomic mass is 10.4. The Morgan fingerprint density at radius 3 is 2.81 bits per heavy atom. The van der Waals surface area contributed by atoms with E-state index < -0.39 is 10.1 Å². The van der Waals surface area contributed by atoms with Crippen LogP contribution in [0.2, 0.25) is 0 Å². The van der Waals surface area contributed by atoms with Crippen LogP contribution in [0.4, 0.5) is 5.82 Å². The number of aromatic amines is 1. The third kappa shape index (κ3) is 4.85. The molecule has 3 aromatic rings. The van der Waals surface area contributed by atoms with Crippen molar-refractivity contribution in [3.05, 3.63) is 36.8 Å². The van der Waals surface area contributed by atoms with E-state index in [1.165, 1.54) is 6.33 Å². The summed E-state index contributed by atoms with van der Waals surface area (Å²) in [5.41, 5.74) is 1.45. The van der Waals surface area contributed by atoms with Gasteiger partial charge in [0.25, 0.3) is 10.1 Å². The smallest absolute Gasteiger partial charge is 0.261 e. The predicted octanol–water partition coefficient (Wildman–Crippen LogP) is 1.06. The average molecular weight is 311 g/mol. The van der Waals surface area contributed by atoms with E-state index in [-0.39, 0.29) is 0 Å². The first-order valence-corrected chi connectivity index (χ1v) is 7.61. The van der Waals surface area contributed by atoms with Crippen LogP contribution in [0.3, 0.4) is 0 Å². The van der Waals surface area contributed by atoms with Gasteiger partial charge in [-0.15, -0.1) is 0 Å². The van der Waals surface area contributed by atoms with Gasteiger partial charge in [0, 0.05) is 0 Å². The molecule has 0 bridgehead atoms. The lowest BCUT2D eigenvalue weighted by Gasteiger charge is -2.03. The Morgan fingerprint density at radius 2 is 2.14 bits per heavy atom. The molecule has 10 heteroatoms. The summed E-state index contributed by atoms with van der Waals surface area (Å²) in [5, 5.41) is 3.16. The summed E-state index contributed by atoms with van der Waals surface area (Å²) in [6.45, 7) is 0.581. The molecule has 0 aliphatic carbocycles. The number of H-pyrrole nitrogens is 1. The first-order chi connectivity index (χ1) is 9.93. The number of furan rings is 1. The molecule has 3 N–H and O–H groups in total. The molecule has 112 valence electrons. The highest BCUT2D eigenvalue weighted by molar-refractivity contribution is 7.85. The van der Waals surface area contributed by atoms with Gasteiger partial charge in [0.2, 0.25) is 0 Å². The van der Waals surface area contributed by atoms with Crippen LogP contribution < -0.4 is 5.32 Å². The van der Waals surface area contributed by atoms with Gasteiger partial charge < -0.3 is 14.7 Å². The number of imidazole rings is 1. The Kier molecular flexibility index (Phi) is 4.50. The van der Waals surface area contributed by atoms with Crippen molar-refractivity contribution in [2.24, 2.45) is 0 Å². The third-order valence-electron chi connectivity index (χ3n) is 2.23. The molecule has 0 aromatic carbocycles. The summed E-state index contributed by atoms with van der Waals surface area (Å²) in [6, 6.07) is 3.75. The van der Waals surface area contributed by atoms with Crippen LogP contribution in [0, 0.1) is 0 Å². The van der Waals surface area contributed by atoms with Crippen LogP contribution in [-0.2, 0) is 16.7 Å². The quantitative estimate of drug-likeness (QED) is 0.611. The van der Waals surface area contributed by atoms with Crippen LogP contribution in [0.5, 0.6) is 0 Å². The maximum Gasteiger partial charge on any atom is 0.261 e. The SMILES string of the molecule is CS(=O)(=O)O.c1coc(CNc2ncnc3nc[nH]c23)c1. The molecule has 0 aliphatic rings. The summed E-state index contributed by atoms with van der Waals surface area (Å²) in [6.07, 6.45) is 5.43. The number of anilines is 1. The Hall–Kier alpha value is -2.46. The van der Waals surface area contributed by atoms with Gasteiger partial charge >= 0.3 is 0 Å². The Morgan fingerprint density at radius 1 is 1.38 bits per heavy atom. The fourth-order valence-corrected chi connectivity index (χ4v) is 1.48. The van der Waals surface area contributed by atoms with E-state index in [0.29, 0.717) is 18.4 Å². The highest BCUT2D eigenvalue weighted by Crippen LogP contribution is 2.15. The molecule has 3 heterocycles. The minimum atomic E-state index is -3.67. The topological polar surface area (TPSA) is 134 Å². The van der Waals surface area contributed by atoms with Gasteiger partial charge in [-0.25, -0.2) is 15.0 Å². The zero-order valence-electron chi connectivity index (χ0n) is 11.0. The zero-order valence-corrected chi connectivity index (χ0v) is 11.8. The van der Waals surface area contributed by atoms with Crippen LogP contribution >= 0.6 is 0 Å². The van der Waals surface area contributed by atoms with Gasteiger partial charge in [-0.1, -0.05) is 0 Å². The normalized spacial score (nSPS) is 11.0. The molecule has 0 saturated heterocycles. The summed E-state index contributed by atoms with van der Waals surface area (Å²) in [5.74, 6) is 1.57. The van der Waals surface area contributed by atoms with Crippen molar-refractivity contribution in [3.8, 4) is 0 Å². The Bertz CT molecular complexity index is 789. The minimum Gasteiger partial charge on any atom is -0.467 e. The standard InChI is InChI=1S/C10H9N5O.CH4O3S/c1-2-7(16-3-1)4-11-9-8-10(13-5-12-8)15-6-14-9;1-5(2,3)4/h1-3,5-6H,4H2,(H2,11,12,13,14,15);1H3,(H,2,3,4). The van der Waals surface area contributed by atoms with Crippen molar-refractivity contribution in [2.75, 3.05) is 11.6 Å². The number of nitrogens with zero attached hydrogens (tertiary/aromatic N) is 3. The van der Waals surface area contributed by atoms with Crippen molar-refractivity contribution in [3.63, 3.8) is 0 Å². The van der Waals surface area contributed by atoms with Crippen molar-refractivity contribution in [1.29, 1.82) is 0 Å². The number of hydrogen-bond donors (Lipinski definition) is 3. The lowest BCUT2D eigenvalue weighted by Crippen LogP contribution is -2.01. The lowest BCUT2D eigenvalue weighted by molar-refractivity contribution is 0.490. The minimum absolute atomic E-state index is 0.581. The van der Waals surface area contributed by atoms with E-state index in [0.717, 1.165) is 17.1 Å². The van der Waals surface area contributed by atoms with Gasteiger partial charge in [-0.2, -0.15) is 8.42 Å². The number of fused-ring (bicyclic) bond motifs is 1. The largest absolute Gasteiger partial charge is 0.467 e. The van der Waals surface area contributed by atoms with E-state index in [4.69, 9.17) is 8.97 Å². The molecule has 3 aromatic heterocycles. The summed E-state index contributed by atoms with van der Waals surface area (Å²) >= 11 is 0. The average Bonchev–Trinajstić information content (AvgIpc) is 3.05. The molecule has 0 aliphatic heterocycles. The fourth-order valence-electron chi connectivity index (χ4n) is 1.48. The van der Waals surface area contributed by atoms with Crippen molar-refractivity contribution < 1.29 is 17.4 Å². The summed E-state index contributed by atoms with van der Waals surface area (Å²) in [4.78, 5) is 15.2. The van der Waals surface area contributed by atoms with E-state index in [2.05, 4.69) is 25.3 Å². The molecule has 0 unspecified atom stereocenters. The van der Waals surface area contributed by atoms with Crippen molar-refractivity contribution in [2.45, 2.75) is 6.54 Å². The van der Waals surface area contributed by atoms with E-state index in [1.54, 1.807) is 12.6 Å². The second-order valence-corrected chi connectivity index (χ2v) is 5.46. The van der Waals surface area contributed by atoms with Crippen molar-refractivity contribution in [1.82, 2.24) is 19.9 Å². The van der Waals surface area contributed by atoms with Gasteiger partial charge in [0.1, 0.15) is 17.6 Å². The van der Waals surface area contributed by atoms with Crippen LogP contribution in [0.15, 0.2) is 35.5 Å². The number of rotatable bonds is 3. The van der Waals surface area contributed by atoms with Crippen molar-refractivity contribution >= 4 is 27.1 Å². The van der Waals surface area contributed by atoms with Gasteiger partial charge in [-0.3, -0.25) is 4.55 Å². The molecule has 0 radical (unpaired) electrons. The highest BCUT2D eigenvalue weighted by atomic mass is 32.2. The zero-order chi connectivity index (χ0) is 15.3. The molecule has 3 rings (SSSR count). The summed E-state index contributed by atoms with van der Waals surface area (Å²) in [7, 11) is -3.67. The fraction of sp³-hybridized carbons (Fsp3) is 0.182. The number of aromatic nitrogens is 4. The molecule has 9 nitrogen and oxygen atoms in total. The molecule has 0 saturated carbocycles. The second-order valence-electron chi connectivity index (χ2n) is 3.99. The molecule has 0 fully saturated rings. The monoisotopic (exact) mass is 311 g/mol. The van der Waals surface area contributed by atoms with Gasteiger partial charge in [0.15, 0.2) is 11.5 Å². The van der Waals surface area contributed by atoms with E-state index in [1.807, 2.05) is 12.1 Å². The maximum absolute atomic E-state index is 9.19. The summed E-state index contributed by atoms with van der Waals surface area (Å²) < 4.78 is 31.1. The molecule has 0 atom stereocenters. The highest BCUT2D eigenvalue weighted by Gasteiger charge is 2.05.